The zero-order valence-electron chi connectivity index (χ0n) is 20.4. The predicted octanol–water partition coefficient (Wildman–Crippen LogP) is 3.78. The van der Waals surface area contributed by atoms with Gasteiger partial charge in [0.1, 0.15) is 9.92 Å². The number of nitrogen functional groups attached to an aromatic ring is 1. The van der Waals surface area contributed by atoms with Crippen molar-refractivity contribution in [2.45, 2.75) is 77.2 Å². The molecule has 2 aromatic carbocycles. The lowest BCUT2D eigenvalue weighted by atomic mass is 9.99. The minimum Gasteiger partial charge on any atom is -0.412 e. The molecule has 0 saturated carbocycles. The molecule has 0 aliphatic heterocycles. The molecule has 1 unspecified atom stereocenters. The lowest BCUT2D eigenvalue weighted by Crippen LogP contribution is -2.23. The fourth-order valence-corrected chi connectivity index (χ4v) is 4.69. The normalized spacial score (nSPS) is 14.8. The van der Waals surface area contributed by atoms with Crippen molar-refractivity contribution in [3.05, 3.63) is 58.1 Å². The second-order valence-corrected chi connectivity index (χ2v) is 10.3. The summed E-state index contributed by atoms with van der Waals surface area (Å²) in [5.41, 5.74) is 14.2. The van der Waals surface area contributed by atoms with Crippen LogP contribution in [0.15, 0.2) is 35.2 Å². The number of fused-ring (bicyclic) bond motifs is 2. The molecule has 0 radical (unpaired) electrons. The summed E-state index contributed by atoms with van der Waals surface area (Å²) in [4.78, 5) is 12.8. The number of nitrogens with two attached hydrogens (primary N) is 2. The molecule has 1 amide bonds. The zero-order chi connectivity index (χ0) is 23.9. The Labute approximate surface area is 199 Å². The summed E-state index contributed by atoms with van der Waals surface area (Å²) in [6.45, 7) is 6.14. The van der Waals surface area contributed by atoms with Gasteiger partial charge in [0.2, 0.25) is 5.91 Å². The quantitative estimate of drug-likeness (QED) is 0.579. The van der Waals surface area contributed by atoms with Gasteiger partial charge in [-0.15, -0.1) is 0 Å². The molecule has 0 heterocycles. The number of aryl methyl sites for hydroxylation is 2. The molecule has 33 heavy (non-hydrogen) atoms. The van der Waals surface area contributed by atoms with E-state index in [1.54, 1.807) is 31.3 Å². The summed E-state index contributed by atoms with van der Waals surface area (Å²) < 4.78 is 18.6. The van der Waals surface area contributed by atoms with Gasteiger partial charge in [0.25, 0.3) is 0 Å². The predicted molar refractivity (Wildman–Crippen MR) is 136 cm³/mol. The zero-order valence-corrected chi connectivity index (χ0v) is 21.2. The second kappa shape index (κ2) is 12.7. The van der Waals surface area contributed by atoms with Gasteiger partial charge in [-0.3, -0.25) is 4.79 Å². The number of nitrogens with one attached hydrogen (secondary N) is 1. The van der Waals surface area contributed by atoms with Crippen molar-refractivity contribution in [2.75, 3.05) is 12.8 Å². The van der Waals surface area contributed by atoms with Crippen molar-refractivity contribution >= 4 is 21.5 Å². The number of hydrogen-bond donors (Lipinski definition) is 3. The summed E-state index contributed by atoms with van der Waals surface area (Å²) in [6.07, 6.45) is 8.81. The number of rotatable bonds is 3. The number of carbonyl (C=O) groups is 1. The summed E-state index contributed by atoms with van der Waals surface area (Å²) >= 11 is 0. The smallest absolute Gasteiger partial charge is 0.219 e. The number of carbonyl (C=O) groups excluding carboxylic acids is 1. The van der Waals surface area contributed by atoms with Crippen LogP contribution in [0.3, 0.4) is 0 Å². The number of nitrogens with zero attached hydrogens (tertiary/aromatic N) is 1. The summed E-state index contributed by atoms with van der Waals surface area (Å²) in [5.74, 6) is -0.0511. The first-order valence-corrected chi connectivity index (χ1v) is 13.0. The van der Waals surface area contributed by atoms with Gasteiger partial charge in [0.05, 0.1) is 4.90 Å². The topological polar surface area (TPSA) is 145 Å². The number of anilines is 1. The van der Waals surface area contributed by atoms with Crippen molar-refractivity contribution in [1.82, 2.24) is 4.90 Å². The first-order valence-electron chi connectivity index (χ1n) is 11.4. The van der Waals surface area contributed by atoms with E-state index in [9.17, 15) is 9.00 Å². The maximum atomic E-state index is 11.3. The monoisotopic (exact) mass is 476 g/mol. The van der Waals surface area contributed by atoms with E-state index in [-0.39, 0.29) is 16.3 Å². The molecule has 184 valence electrons. The van der Waals surface area contributed by atoms with Crippen LogP contribution in [0.4, 0.5) is 5.69 Å². The van der Waals surface area contributed by atoms with Crippen molar-refractivity contribution in [2.24, 2.45) is 5.14 Å². The molecule has 0 saturated heterocycles. The SMILES string of the molecule is CC(=O)N(C)Cc1cccc(S(=N)(N)=O)c1.CCC.Nc1c2c(cc3c1CCC3)CCC2.O. The van der Waals surface area contributed by atoms with Crippen LogP contribution in [-0.2, 0) is 46.9 Å². The highest BCUT2D eigenvalue weighted by Gasteiger charge is 2.21. The first-order chi connectivity index (χ1) is 15.1. The lowest BCUT2D eigenvalue weighted by Gasteiger charge is -2.15. The van der Waals surface area contributed by atoms with Crippen LogP contribution in [0.25, 0.3) is 0 Å². The largest absolute Gasteiger partial charge is 0.412 e. The van der Waals surface area contributed by atoms with E-state index in [1.807, 2.05) is 0 Å². The molecule has 2 aromatic rings. The Morgan fingerprint density at radius 2 is 1.58 bits per heavy atom. The van der Waals surface area contributed by atoms with Crippen molar-refractivity contribution in [3.8, 4) is 0 Å². The molecular formula is C25H40N4O3S. The molecule has 0 spiro atoms. The number of benzene rings is 2. The number of hydrogen-bond acceptors (Lipinski definition) is 4. The van der Waals surface area contributed by atoms with E-state index in [4.69, 9.17) is 15.7 Å². The van der Waals surface area contributed by atoms with E-state index in [2.05, 4.69) is 19.9 Å². The molecule has 4 rings (SSSR count). The Kier molecular flexibility index (Phi) is 11.0. The van der Waals surface area contributed by atoms with Crippen LogP contribution in [0.2, 0.25) is 0 Å². The highest BCUT2D eigenvalue weighted by Crippen LogP contribution is 2.36. The minimum absolute atomic E-state index is 0. The van der Waals surface area contributed by atoms with Crippen molar-refractivity contribution in [1.29, 1.82) is 4.78 Å². The van der Waals surface area contributed by atoms with E-state index >= 15 is 0 Å². The van der Waals surface area contributed by atoms with Crippen LogP contribution < -0.4 is 10.9 Å². The first kappa shape index (κ1) is 28.6. The maximum absolute atomic E-state index is 11.3. The molecule has 0 fully saturated rings. The van der Waals surface area contributed by atoms with Crippen LogP contribution in [0.1, 0.15) is 67.9 Å². The van der Waals surface area contributed by atoms with Gasteiger partial charge < -0.3 is 16.1 Å². The second-order valence-electron chi connectivity index (χ2n) is 8.60. The molecule has 2 aliphatic carbocycles. The maximum Gasteiger partial charge on any atom is 0.219 e. The molecule has 0 bridgehead atoms. The Morgan fingerprint density at radius 3 is 2.03 bits per heavy atom. The fourth-order valence-electron chi connectivity index (χ4n) is 4.08. The Hall–Kier alpha value is -2.42. The molecule has 1 atom stereocenters. The fraction of sp³-hybridized carbons (Fsp3) is 0.480. The van der Waals surface area contributed by atoms with E-state index in [0.717, 1.165) is 11.3 Å². The standard InChI is InChI=1S/C12H15N.C10H15N3O2S.C3H8.H2O/c13-12-10-5-1-3-8(10)7-9-4-2-6-11(9)12;1-8(14)13(2)7-9-4-3-5-10(6-9)16(11,12)15;1-3-2;/h7H,1-6,13H2;3-6H,7H2,1-2H3,(H3,11,12,15);3H2,1-2H3;1H2. The Bertz CT molecular complexity index is 1020. The molecular weight excluding hydrogens is 436 g/mol. The summed E-state index contributed by atoms with van der Waals surface area (Å²) in [5, 5.41) is 5.23. The van der Waals surface area contributed by atoms with Gasteiger partial charge >= 0.3 is 0 Å². The minimum atomic E-state index is -3.18. The highest BCUT2D eigenvalue weighted by atomic mass is 32.2. The van der Waals surface area contributed by atoms with Crippen LogP contribution in [0, 0.1) is 4.78 Å². The molecule has 2 aliphatic rings. The van der Waals surface area contributed by atoms with Crippen LogP contribution in [-0.4, -0.2) is 27.5 Å². The summed E-state index contributed by atoms with van der Waals surface area (Å²) in [7, 11) is -1.51. The van der Waals surface area contributed by atoms with Crippen molar-refractivity contribution < 1.29 is 14.5 Å². The third-order valence-corrected chi connectivity index (χ3v) is 6.68. The van der Waals surface area contributed by atoms with Gasteiger partial charge in [0, 0.05) is 26.2 Å². The third kappa shape index (κ3) is 7.84. The molecule has 8 heteroatoms. The highest BCUT2D eigenvalue weighted by molar-refractivity contribution is 7.90. The average molecular weight is 477 g/mol. The third-order valence-electron chi connectivity index (χ3n) is 5.73. The van der Waals surface area contributed by atoms with E-state index in [1.165, 1.54) is 79.0 Å². The molecule has 7 N–H and O–H groups in total. The molecule has 7 nitrogen and oxygen atoms in total. The van der Waals surface area contributed by atoms with Crippen LogP contribution in [0.5, 0.6) is 0 Å². The van der Waals surface area contributed by atoms with Gasteiger partial charge in [-0.2, -0.15) is 0 Å². The van der Waals surface area contributed by atoms with Gasteiger partial charge in [-0.05, 0) is 78.5 Å². The van der Waals surface area contributed by atoms with E-state index in [0.29, 0.717) is 6.54 Å². The molecule has 0 aromatic heterocycles. The van der Waals surface area contributed by atoms with Crippen LogP contribution >= 0.6 is 0 Å². The Balaban J connectivity index is 0.000000290. The lowest BCUT2D eigenvalue weighted by molar-refractivity contribution is -0.128. The number of amides is 1. The summed E-state index contributed by atoms with van der Waals surface area (Å²) in [6, 6.07) is 9.04. The van der Waals surface area contributed by atoms with Gasteiger partial charge in [0.15, 0.2) is 0 Å². The average Bonchev–Trinajstić information content (AvgIpc) is 3.38. The van der Waals surface area contributed by atoms with Gasteiger partial charge in [-0.1, -0.05) is 38.5 Å². The Morgan fingerprint density at radius 1 is 1.06 bits per heavy atom. The van der Waals surface area contributed by atoms with Crippen molar-refractivity contribution in [3.63, 3.8) is 0 Å². The van der Waals surface area contributed by atoms with E-state index < -0.39 is 9.92 Å². The van der Waals surface area contributed by atoms with Gasteiger partial charge in [-0.25, -0.2) is 14.1 Å².